The van der Waals surface area contributed by atoms with E-state index in [4.69, 9.17) is 24.9 Å². The molecule has 0 aliphatic rings. The summed E-state index contributed by atoms with van der Waals surface area (Å²) in [6.07, 6.45) is 0. The van der Waals surface area contributed by atoms with E-state index >= 15 is 0 Å². The number of aromatic nitrogens is 5. The zero-order valence-corrected chi connectivity index (χ0v) is 33.4. The van der Waals surface area contributed by atoms with Crippen LogP contribution in [-0.2, 0) is 0 Å². The van der Waals surface area contributed by atoms with Crippen LogP contribution in [0.5, 0.6) is 0 Å². The summed E-state index contributed by atoms with van der Waals surface area (Å²) >= 11 is 0. The Labute approximate surface area is 370 Å². The summed E-state index contributed by atoms with van der Waals surface area (Å²) < 4.78 is 64.6. The van der Waals surface area contributed by atoms with Crippen molar-refractivity contribution in [1.29, 1.82) is 0 Å². The van der Waals surface area contributed by atoms with Crippen LogP contribution in [0, 0.1) is 0 Å². The predicted octanol–water partition coefficient (Wildman–Crippen LogP) is 14.6. The Bertz CT molecular complexity index is 4210. The van der Waals surface area contributed by atoms with Gasteiger partial charge in [0.25, 0.3) is 0 Å². The quantitative estimate of drug-likeness (QED) is 0.168. The lowest BCUT2D eigenvalue weighted by Gasteiger charge is -2.16. The minimum Gasteiger partial charge on any atom is -0.455 e. The van der Waals surface area contributed by atoms with Gasteiger partial charge in [-0.25, -0.2) is 4.98 Å². The van der Waals surface area contributed by atoms with Gasteiger partial charge in [0, 0.05) is 54.6 Å². The third-order valence-electron chi connectivity index (χ3n) is 12.0. The molecular formula is C57H35N5O. The second-order valence-electron chi connectivity index (χ2n) is 15.5. The maximum atomic E-state index is 9.31. The molecule has 0 N–H and O–H groups in total. The summed E-state index contributed by atoms with van der Waals surface area (Å²) in [4.78, 5) is 15.7. The lowest BCUT2D eigenvalue weighted by Crippen LogP contribution is -2.07. The highest BCUT2D eigenvalue weighted by Gasteiger charge is 2.23. The van der Waals surface area contributed by atoms with Crippen molar-refractivity contribution in [2.24, 2.45) is 0 Å². The molecule has 6 heteroatoms. The van der Waals surface area contributed by atoms with Gasteiger partial charge in [-0.15, -0.1) is 0 Å². The highest BCUT2D eigenvalue weighted by atomic mass is 16.3. The van der Waals surface area contributed by atoms with Crippen LogP contribution in [0.25, 0.3) is 122 Å². The zero-order valence-electron chi connectivity index (χ0n) is 39.4. The second kappa shape index (κ2) is 14.0. The fourth-order valence-electron chi connectivity index (χ4n) is 9.11. The highest BCUT2D eigenvalue weighted by Crippen LogP contribution is 2.43. The van der Waals surface area contributed by atoms with Gasteiger partial charge < -0.3 is 8.98 Å². The van der Waals surface area contributed by atoms with Gasteiger partial charge >= 0.3 is 0 Å². The zero-order chi connectivity index (χ0) is 46.7. The van der Waals surface area contributed by atoms with Gasteiger partial charge in [0.1, 0.15) is 11.2 Å². The van der Waals surface area contributed by atoms with Crippen molar-refractivity contribution in [3.63, 3.8) is 0 Å². The van der Waals surface area contributed by atoms with E-state index in [-0.39, 0.29) is 58.1 Å². The first-order valence-electron chi connectivity index (χ1n) is 23.7. The van der Waals surface area contributed by atoms with E-state index in [1.54, 1.807) is 4.57 Å². The molecule has 0 unspecified atom stereocenters. The minimum atomic E-state index is -0.187. The molecule has 4 aromatic heterocycles. The van der Waals surface area contributed by atoms with Gasteiger partial charge in [0.15, 0.2) is 11.6 Å². The lowest BCUT2D eigenvalue weighted by atomic mass is 9.98. The lowest BCUT2D eigenvalue weighted by molar-refractivity contribution is 0.670. The van der Waals surface area contributed by atoms with Crippen LogP contribution in [-0.4, -0.2) is 24.1 Å². The van der Waals surface area contributed by atoms with E-state index < -0.39 is 0 Å². The first-order chi connectivity index (χ1) is 33.7. The SMILES string of the molecule is [2H]c1cc([2H])c2c(c1[2H])c1c([2H])c([2H])cc([2H])c1n2-c1ccc(-c2nc(-c3ccccc3)nc(-n3c4ccccc4c4ccc(-c5ccccc5)cc43)n2)cc1-c1cccc2c1oc1ccccc12. The van der Waals surface area contributed by atoms with Gasteiger partial charge in [-0.05, 0) is 59.6 Å². The summed E-state index contributed by atoms with van der Waals surface area (Å²) in [6.45, 7) is 0. The molecule has 6 nitrogen and oxygen atoms in total. The van der Waals surface area contributed by atoms with E-state index in [0.717, 1.165) is 49.3 Å². The standard InChI is InChI=1S/C57H35N5O/c1-3-16-36(17-4-1)38-30-32-43-42-22-9-13-28-50(42)62(52(43)35-38)57-59-55(37-18-5-2-6-19-37)58-56(60-57)39-31-33-51(61-48-26-11-7-20-40(48)41-21-8-12-27-49(41)61)47(34-39)46-25-15-24-45-44-23-10-14-29-53(44)63-54(45)46/h1-35H/i7D,8D,20D,21D,26D,27D. The van der Waals surface area contributed by atoms with Crippen molar-refractivity contribution in [2.45, 2.75) is 0 Å². The summed E-state index contributed by atoms with van der Waals surface area (Å²) in [5.41, 5.74) is 9.10. The van der Waals surface area contributed by atoms with Crippen molar-refractivity contribution in [1.82, 2.24) is 24.1 Å². The van der Waals surface area contributed by atoms with Crippen molar-refractivity contribution < 1.29 is 12.6 Å². The van der Waals surface area contributed by atoms with Crippen LogP contribution in [0.4, 0.5) is 0 Å². The predicted molar refractivity (Wildman–Crippen MR) is 258 cm³/mol. The fourth-order valence-corrected chi connectivity index (χ4v) is 9.11. The van der Waals surface area contributed by atoms with Crippen LogP contribution >= 0.6 is 0 Å². The molecule has 0 saturated heterocycles. The highest BCUT2D eigenvalue weighted by molar-refractivity contribution is 6.13. The largest absolute Gasteiger partial charge is 0.455 e. The Morgan fingerprint density at radius 2 is 1.02 bits per heavy atom. The Morgan fingerprint density at radius 3 is 1.79 bits per heavy atom. The van der Waals surface area contributed by atoms with Crippen molar-refractivity contribution in [3.05, 3.63) is 212 Å². The molecule has 0 amide bonds. The molecule has 294 valence electrons. The van der Waals surface area contributed by atoms with Gasteiger partial charge in [-0.3, -0.25) is 4.57 Å². The number of nitrogens with zero attached hydrogens (tertiary/aromatic N) is 5. The second-order valence-corrected chi connectivity index (χ2v) is 15.5. The monoisotopic (exact) mass is 811 g/mol. The van der Waals surface area contributed by atoms with E-state index in [9.17, 15) is 2.74 Å². The molecule has 13 rings (SSSR count). The topological polar surface area (TPSA) is 61.7 Å². The third kappa shape index (κ3) is 5.55. The van der Waals surface area contributed by atoms with Crippen LogP contribution in [0.2, 0.25) is 0 Å². The van der Waals surface area contributed by atoms with Crippen molar-refractivity contribution >= 4 is 65.6 Å². The molecule has 0 saturated carbocycles. The molecule has 0 atom stereocenters. The van der Waals surface area contributed by atoms with Crippen LogP contribution in [0.3, 0.4) is 0 Å². The molecule has 4 heterocycles. The van der Waals surface area contributed by atoms with E-state index in [1.165, 1.54) is 12.1 Å². The van der Waals surface area contributed by atoms with Crippen LogP contribution < -0.4 is 0 Å². The average Bonchev–Trinajstić information content (AvgIpc) is 4.06. The molecule has 0 fully saturated rings. The van der Waals surface area contributed by atoms with E-state index in [2.05, 4.69) is 47.0 Å². The molecule has 63 heavy (non-hydrogen) atoms. The maximum absolute atomic E-state index is 9.31. The number of rotatable bonds is 6. The minimum absolute atomic E-state index is 0.0549. The summed E-state index contributed by atoms with van der Waals surface area (Å²) in [7, 11) is 0. The molecule has 0 radical (unpaired) electrons. The molecule has 0 aliphatic carbocycles. The summed E-state index contributed by atoms with van der Waals surface area (Å²) in [5, 5.41) is 4.27. The number of hydrogen-bond acceptors (Lipinski definition) is 4. The Morgan fingerprint density at radius 1 is 0.381 bits per heavy atom. The maximum Gasteiger partial charge on any atom is 0.238 e. The summed E-state index contributed by atoms with van der Waals surface area (Å²) in [6, 6.07) is 56.2. The Kier molecular flexibility index (Phi) is 6.56. The first kappa shape index (κ1) is 29.6. The number of para-hydroxylation sites is 5. The van der Waals surface area contributed by atoms with Crippen molar-refractivity contribution in [2.75, 3.05) is 0 Å². The van der Waals surface area contributed by atoms with E-state index in [1.807, 2.05) is 121 Å². The average molecular weight is 812 g/mol. The molecule has 0 aliphatic heterocycles. The normalized spacial score (nSPS) is 13.1. The molecule has 9 aromatic carbocycles. The molecule has 0 bridgehead atoms. The number of hydrogen-bond donors (Lipinski definition) is 0. The molecule has 0 spiro atoms. The van der Waals surface area contributed by atoms with Gasteiger partial charge in [0.2, 0.25) is 5.95 Å². The molecular weight excluding hydrogens is 771 g/mol. The van der Waals surface area contributed by atoms with E-state index in [0.29, 0.717) is 51.1 Å². The Hall–Kier alpha value is -8.61. The van der Waals surface area contributed by atoms with Crippen LogP contribution in [0.1, 0.15) is 8.22 Å². The van der Waals surface area contributed by atoms with Crippen molar-refractivity contribution in [3.8, 4) is 56.7 Å². The number of fused-ring (bicyclic) bond motifs is 9. The van der Waals surface area contributed by atoms with Gasteiger partial charge in [0.05, 0.1) is 36.0 Å². The number of benzene rings is 9. The van der Waals surface area contributed by atoms with Gasteiger partial charge in [-0.1, -0.05) is 164 Å². The van der Waals surface area contributed by atoms with Gasteiger partial charge in [-0.2, -0.15) is 9.97 Å². The first-order valence-corrected chi connectivity index (χ1v) is 20.7. The fraction of sp³-hybridized carbons (Fsp3) is 0. The van der Waals surface area contributed by atoms with Crippen LogP contribution in [0.15, 0.2) is 217 Å². The smallest absolute Gasteiger partial charge is 0.238 e. The summed E-state index contributed by atoms with van der Waals surface area (Å²) in [5.74, 6) is 1.27. The molecule has 13 aromatic rings. The Balaban J connectivity index is 1.13. The number of furan rings is 1. The third-order valence-corrected chi connectivity index (χ3v) is 12.0.